The van der Waals surface area contributed by atoms with E-state index in [1.807, 2.05) is 0 Å². The molecule has 0 atom stereocenters. The van der Waals surface area contributed by atoms with Gasteiger partial charge in [-0.05, 0) is 0 Å². The molecule has 0 aliphatic heterocycles. The van der Waals surface area contributed by atoms with Crippen molar-refractivity contribution in [3.05, 3.63) is 67.8 Å². The predicted octanol–water partition coefficient (Wildman–Crippen LogP) is 0.174. The summed E-state index contributed by atoms with van der Waals surface area (Å²) in [5, 5.41) is 40.9. The normalized spacial score (nSPS) is 10.3. The molecular weight excluding hydrogens is 482 g/mol. The number of nitro groups is 2. The summed E-state index contributed by atoms with van der Waals surface area (Å²) in [6, 6.07) is 7.19. The Bertz CT molecular complexity index is 791. The summed E-state index contributed by atoms with van der Waals surface area (Å²) in [6.07, 6.45) is 0. The van der Waals surface area contributed by atoms with E-state index in [9.17, 15) is 40.0 Å². The first-order valence-corrected chi connectivity index (χ1v) is 12.6. The van der Waals surface area contributed by atoms with Gasteiger partial charge in [-0.15, -0.1) is 0 Å². The fourth-order valence-corrected chi connectivity index (χ4v) is 9.90. The van der Waals surface area contributed by atoms with Gasteiger partial charge in [0.05, 0.1) is 0 Å². The molecule has 134 valence electrons. The van der Waals surface area contributed by atoms with Crippen molar-refractivity contribution in [3.8, 4) is 0 Å². The molecule has 0 heterocycles. The quantitative estimate of drug-likeness (QED) is 0.316. The molecular formula is C14H8N2O8Se2. The van der Waals surface area contributed by atoms with Crippen LogP contribution >= 0.6 is 0 Å². The monoisotopic (exact) mass is 492 g/mol. The van der Waals surface area contributed by atoms with Crippen LogP contribution in [0.2, 0.25) is 0 Å². The number of rotatable bonds is 7. The molecule has 2 aromatic rings. The van der Waals surface area contributed by atoms with Crippen LogP contribution < -0.4 is 8.92 Å². The summed E-state index contributed by atoms with van der Waals surface area (Å²) in [4.78, 5) is 43.6. The molecule has 2 N–H and O–H groups in total. The number of carboxylic acids is 2. The second-order valence-electron chi connectivity index (χ2n) is 4.60. The summed E-state index contributed by atoms with van der Waals surface area (Å²) in [6.45, 7) is 0. The van der Waals surface area contributed by atoms with Crippen LogP contribution in [0.4, 0.5) is 11.4 Å². The van der Waals surface area contributed by atoms with E-state index in [1.165, 1.54) is 24.3 Å². The molecule has 12 heteroatoms. The van der Waals surface area contributed by atoms with Crippen molar-refractivity contribution < 1.29 is 29.6 Å². The Labute approximate surface area is 156 Å². The van der Waals surface area contributed by atoms with Crippen LogP contribution in [-0.4, -0.2) is 58.3 Å². The third-order valence-corrected chi connectivity index (χ3v) is 10.3. The summed E-state index contributed by atoms with van der Waals surface area (Å²) in [7, 11) is 0. The third kappa shape index (κ3) is 4.06. The van der Waals surface area contributed by atoms with E-state index >= 15 is 0 Å². The zero-order chi connectivity index (χ0) is 19.4. The fraction of sp³-hybridized carbons (Fsp3) is 0. The molecule has 0 saturated carbocycles. The number of aromatic carboxylic acids is 2. The van der Waals surface area contributed by atoms with Gasteiger partial charge in [0.2, 0.25) is 0 Å². The Morgan fingerprint density at radius 2 is 1.12 bits per heavy atom. The average molecular weight is 490 g/mol. The van der Waals surface area contributed by atoms with E-state index < -0.39 is 59.4 Å². The molecule has 0 saturated heterocycles. The first kappa shape index (κ1) is 19.5. The maximum absolute atomic E-state index is 11.4. The summed E-state index contributed by atoms with van der Waals surface area (Å²) in [5.41, 5.74) is -1.34. The molecule has 0 spiro atoms. The van der Waals surface area contributed by atoms with Crippen molar-refractivity contribution in [2.24, 2.45) is 0 Å². The number of benzene rings is 2. The molecule has 0 aromatic heterocycles. The summed E-state index contributed by atoms with van der Waals surface area (Å²) >= 11 is -1.72. The average Bonchev–Trinajstić information content (AvgIpc) is 2.58. The SMILES string of the molecule is O=C(O)c1cccc([N+](=O)[O-])c1[Se][Se]c1c(C(=O)O)cccc1[N+](=O)[O-]. The first-order valence-electron chi connectivity index (χ1n) is 6.60. The van der Waals surface area contributed by atoms with Gasteiger partial charge in [-0.3, -0.25) is 0 Å². The van der Waals surface area contributed by atoms with E-state index in [0.29, 0.717) is 0 Å². The minimum atomic E-state index is -1.36. The van der Waals surface area contributed by atoms with Gasteiger partial charge in [-0.2, -0.15) is 0 Å². The van der Waals surface area contributed by atoms with Gasteiger partial charge in [0.1, 0.15) is 0 Å². The second-order valence-corrected chi connectivity index (χ2v) is 10.6. The van der Waals surface area contributed by atoms with Gasteiger partial charge in [-0.1, -0.05) is 0 Å². The van der Waals surface area contributed by atoms with Gasteiger partial charge >= 0.3 is 156 Å². The Hall–Kier alpha value is -2.78. The molecule has 0 radical (unpaired) electrons. The van der Waals surface area contributed by atoms with Crippen LogP contribution in [0.1, 0.15) is 20.7 Å². The molecule has 0 aliphatic rings. The molecule has 0 fully saturated rings. The van der Waals surface area contributed by atoms with Crippen LogP contribution in [0.3, 0.4) is 0 Å². The molecule has 0 amide bonds. The molecule has 0 aliphatic carbocycles. The van der Waals surface area contributed by atoms with Crippen LogP contribution in [0.15, 0.2) is 36.4 Å². The number of hydrogen-bond acceptors (Lipinski definition) is 6. The molecule has 0 bridgehead atoms. The number of nitrogens with zero attached hydrogens (tertiary/aromatic N) is 2. The van der Waals surface area contributed by atoms with Gasteiger partial charge in [-0.25, -0.2) is 0 Å². The van der Waals surface area contributed by atoms with Gasteiger partial charge in [0.25, 0.3) is 0 Å². The second kappa shape index (κ2) is 8.07. The van der Waals surface area contributed by atoms with Crippen molar-refractivity contribution >= 4 is 58.5 Å². The fourth-order valence-electron chi connectivity index (χ4n) is 1.93. The van der Waals surface area contributed by atoms with Crippen molar-refractivity contribution in [2.75, 3.05) is 0 Å². The van der Waals surface area contributed by atoms with Crippen molar-refractivity contribution in [1.29, 1.82) is 0 Å². The van der Waals surface area contributed by atoms with Crippen LogP contribution in [-0.2, 0) is 0 Å². The van der Waals surface area contributed by atoms with Crippen molar-refractivity contribution in [2.45, 2.75) is 0 Å². The number of carboxylic acid groups (broad SMARTS) is 2. The Kier molecular flexibility index (Phi) is 6.06. The topological polar surface area (TPSA) is 161 Å². The standard InChI is InChI=1S/C14H8N2O8Se2/c17-13(18)7-3-1-5-9(15(21)22)11(7)25-26-12-8(14(19)20)4-2-6-10(12)16(23)24/h1-6H,(H,17,18)(H,19,20). The maximum atomic E-state index is 11.4. The third-order valence-electron chi connectivity index (χ3n) is 3.05. The van der Waals surface area contributed by atoms with E-state index in [1.54, 1.807) is 0 Å². The molecule has 26 heavy (non-hydrogen) atoms. The molecule has 2 rings (SSSR count). The Balaban J connectivity index is 2.53. The first-order chi connectivity index (χ1) is 12.2. The van der Waals surface area contributed by atoms with E-state index in [4.69, 9.17) is 0 Å². The Morgan fingerprint density at radius 1 is 0.769 bits per heavy atom. The van der Waals surface area contributed by atoms with E-state index in [2.05, 4.69) is 0 Å². The molecule has 0 unspecified atom stereocenters. The van der Waals surface area contributed by atoms with Crippen LogP contribution in [0.5, 0.6) is 0 Å². The predicted molar refractivity (Wildman–Crippen MR) is 90.9 cm³/mol. The zero-order valence-electron chi connectivity index (χ0n) is 12.5. The van der Waals surface area contributed by atoms with E-state index in [-0.39, 0.29) is 20.1 Å². The van der Waals surface area contributed by atoms with Gasteiger partial charge < -0.3 is 0 Å². The summed E-state index contributed by atoms with van der Waals surface area (Å²) < 4.78 is -0.0704. The van der Waals surface area contributed by atoms with Gasteiger partial charge in [0, 0.05) is 0 Å². The number of hydrogen-bond donors (Lipinski definition) is 2. The summed E-state index contributed by atoms with van der Waals surface area (Å²) in [5.74, 6) is -2.72. The zero-order valence-corrected chi connectivity index (χ0v) is 15.9. The Morgan fingerprint density at radius 3 is 1.38 bits per heavy atom. The van der Waals surface area contributed by atoms with Crippen LogP contribution in [0, 0.1) is 20.2 Å². The van der Waals surface area contributed by atoms with Crippen molar-refractivity contribution in [3.63, 3.8) is 0 Å². The van der Waals surface area contributed by atoms with Crippen molar-refractivity contribution in [1.82, 2.24) is 0 Å². The van der Waals surface area contributed by atoms with Gasteiger partial charge in [0.15, 0.2) is 0 Å². The van der Waals surface area contributed by atoms with E-state index in [0.717, 1.165) is 12.1 Å². The number of carbonyl (C=O) groups is 2. The van der Waals surface area contributed by atoms with Crippen LogP contribution in [0.25, 0.3) is 0 Å². The minimum absolute atomic E-state index is 0.0352. The number of nitro benzene ring substituents is 2. The molecule has 2 aromatic carbocycles. The molecule has 10 nitrogen and oxygen atoms in total.